The SMILES string of the molecule is C=C(CCCCCCCC)S(=O)(=O)c1ccccc1. The summed E-state index contributed by atoms with van der Waals surface area (Å²) >= 11 is 0. The maximum atomic E-state index is 12.2. The van der Waals surface area contributed by atoms with Gasteiger partial charge in [-0.05, 0) is 25.0 Å². The lowest BCUT2D eigenvalue weighted by Gasteiger charge is -2.07. The monoisotopic (exact) mass is 280 g/mol. The molecule has 0 unspecified atom stereocenters. The van der Waals surface area contributed by atoms with E-state index in [0.29, 0.717) is 16.2 Å². The summed E-state index contributed by atoms with van der Waals surface area (Å²) in [7, 11) is -3.33. The molecule has 19 heavy (non-hydrogen) atoms. The molecule has 0 atom stereocenters. The lowest BCUT2D eigenvalue weighted by molar-refractivity contribution is 0.591. The molecule has 0 bridgehead atoms. The van der Waals surface area contributed by atoms with Crippen molar-refractivity contribution in [2.75, 3.05) is 0 Å². The molecule has 1 rings (SSSR count). The molecule has 0 aliphatic rings. The van der Waals surface area contributed by atoms with Crippen molar-refractivity contribution < 1.29 is 8.42 Å². The van der Waals surface area contributed by atoms with Crippen molar-refractivity contribution in [1.29, 1.82) is 0 Å². The second-order valence-corrected chi connectivity index (χ2v) is 6.93. The van der Waals surface area contributed by atoms with Crippen molar-refractivity contribution in [2.45, 2.75) is 56.8 Å². The Morgan fingerprint density at radius 1 is 1.00 bits per heavy atom. The summed E-state index contributed by atoms with van der Waals surface area (Å²) in [5.41, 5.74) is 0. The number of allylic oxidation sites excluding steroid dienone is 1. The predicted octanol–water partition coefficient (Wildman–Crippen LogP) is 4.72. The van der Waals surface area contributed by atoms with E-state index in [-0.39, 0.29) is 0 Å². The Kier molecular flexibility index (Phi) is 6.85. The fourth-order valence-corrected chi connectivity index (χ4v) is 3.27. The van der Waals surface area contributed by atoms with Crippen molar-refractivity contribution in [2.24, 2.45) is 0 Å². The molecule has 1 aromatic carbocycles. The van der Waals surface area contributed by atoms with Gasteiger partial charge in [0, 0.05) is 4.91 Å². The van der Waals surface area contributed by atoms with Crippen molar-refractivity contribution in [3.8, 4) is 0 Å². The van der Waals surface area contributed by atoms with Crippen LogP contribution in [0.3, 0.4) is 0 Å². The number of sulfone groups is 1. The Bertz CT molecular complexity index is 475. The number of unbranched alkanes of at least 4 members (excludes halogenated alkanes) is 5. The molecule has 3 heteroatoms. The van der Waals surface area contributed by atoms with Crippen molar-refractivity contribution >= 4 is 9.84 Å². The normalized spacial score (nSPS) is 11.4. The maximum Gasteiger partial charge on any atom is 0.202 e. The number of hydrogen-bond acceptors (Lipinski definition) is 2. The van der Waals surface area contributed by atoms with Gasteiger partial charge in [0.05, 0.1) is 4.90 Å². The fourth-order valence-electron chi connectivity index (χ4n) is 2.00. The summed E-state index contributed by atoms with van der Waals surface area (Å²) in [5.74, 6) is 0. The van der Waals surface area contributed by atoms with Gasteiger partial charge in [0.2, 0.25) is 9.84 Å². The number of rotatable bonds is 9. The van der Waals surface area contributed by atoms with Crippen LogP contribution in [0.4, 0.5) is 0 Å². The number of benzene rings is 1. The zero-order valence-corrected chi connectivity index (χ0v) is 12.6. The van der Waals surface area contributed by atoms with E-state index in [1.54, 1.807) is 24.3 Å². The zero-order valence-electron chi connectivity index (χ0n) is 11.8. The third-order valence-electron chi connectivity index (χ3n) is 3.24. The highest BCUT2D eigenvalue weighted by atomic mass is 32.2. The zero-order chi connectivity index (χ0) is 14.1. The third kappa shape index (κ3) is 5.19. The van der Waals surface area contributed by atoms with E-state index in [1.165, 1.54) is 25.7 Å². The lowest BCUT2D eigenvalue weighted by Crippen LogP contribution is -2.03. The van der Waals surface area contributed by atoms with E-state index in [0.717, 1.165) is 12.8 Å². The van der Waals surface area contributed by atoms with Crippen LogP contribution >= 0.6 is 0 Å². The van der Waals surface area contributed by atoms with Gasteiger partial charge in [0.1, 0.15) is 0 Å². The van der Waals surface area contributed by atoms with Crippen LogP contribution in [0.15, 0.2) is 46.7 Å². The minimum Gasteiger partial charge on any atom is -0.219 e. The molecule has 106 valence electrons. The van der Waals surface area contributed by atoms with Gasteiger partial charge >= 0.3 is 0 Å². The van der Waals surface area contributed by atoms with Gasteiger partial charge in [0.25, 0.3) is 0 Å². The lowest BCUT2D eigenvalue weighted by atomic mass is 10.1. The molecule has 0 spiro atoms. The summed E-state index contributed by atoms with van der Waals surface area (Å²) < 4.78 is 24.4. The molecular formula is C16H24O2S. The molecule has 0 heterocycles. The molecule has 0 aromatic heterocycles. The highest BCUT2D eigenvalue weighted by Gasteiger charge is 2.17. The summed E-state index contributed by atoms with van der Waals surface area (Å²) in [6, 6.07) is 8.55. The first-order chi connectivity index (χ1) is 9.09. The Morgan fingerprint density at radius 2 is 1.58 bits per heavy atom. The molecule has 0 amide bonds. The highest BCUT2D eigenvalue weighted by Crippen LogP contribution is 2.22. The fraction of sp³-hybridized carbons (Fsp3) is 0.500. The largest absolute Gasteiger partial charge is 0.219 e. The molecule has 0 saturated carbocycles. The minimum absolute atomic E-state index is 0.342. The van der Waals surface area contributed by atoms with E-state index in [2.05, 4.69) is 13.5 Å². The average Bonchev–Trinajstić information content (AvgIpc) is 2.43. The second-order valence-electron chi connectivity index (χ2n) is 4.87. The predicted molar refractivity (Wildman–Crippen MR) is 80.8 cm³/mol. The van der Waals surface area contributed by atoms with Gasteiger partial charge in [-0.3, -0.25) is 0 Å². The highest BCUT2D eigenvalue weighted by molar-refractivity contribution is 7.95. The standard InChI is InChI=1S/C16H24O2S/c1-3-4-5-6-7-9-12-15(2)19(17,18)16-13-10-8-11-14-16/h8,10-11,13-14H,2-7,9,12H2,1H3. The minimum atomic E-state index is -3.33. The third-order valence-corrected chi connectivity index (χ3v) is 5.10. The molecule has 0 radical (unpaired) electrons. The average molecular weight is 280 g/mol. The topological polar surface area (TPSA) is 34.1 Å². The van der Waals surface area contributed by atoms with E-state index in [9.17, 15) is 8.42 Å². The second kappa shape index (κ2) is 8.16. The van der Waals surface area contributed by atoms with Crippen molar-refractivity contribution in [3.05, 3.63) is 41.8 Å². The van der Waals surface area contributed by atoms with Crippen LogP contribution in [0, 0.1) is 0 Å². The molecule has 0 fully saturated rings. The first kappa shape index (κ1) is 16.0. The van der Waals surface area contributed by atoms with Crippen molar-refractivity contribution in [3.63, 3.8) is 0 Å². The smallest absolute Gasteiger partial charge is 0.202 e. The van der Waals surface area contributed by atoms with Crippen LogP contribution < -0.4 is 0 Å². The Balaban J connectivity index is 2.41. The summed E-state index contributed by atoms with van der Waals surface area (Å²) in [6.45, 7) is 5.94. The summed E-state index contributed by atoms with van der Waals surface area (Å²) in [5, 5.41) is 0. The van der Waals surface area contributed by atoms with E-state index >= 15 is 0 Å². The molecule has 0 aliphatic heterocycles. The molecule has 2 nitrogen and oxygen atoms in total. The van der Waals surface area contributed by atoms with Crippen LogP contribution in [0.1, 0.15) is 51.9 Å². The van der Waals surface area contributed by atoms with Crippen molar-refractivity contribution in [1.82, 2.24) is 0 Å². The van der Waals surface area contributed by atoms with Gasteiger partial charge in [-0.1, -0.05) is 63.8 Å². The van der Waals surface area contributed by atoms with E-state index < -0.39 is 9.84 Å². The van der Waals surface area contributed by atoms with E-state index in [4.69, 9.17) is 0 Å². The first-order valence-corrected chi connectivity index (χ1v) is 8.55. The first-order valence-electron chi connectivity index (χ1n) is 7.07. The van der Waals surface area contributed by atoms with Gasteiger partial charge in [-0.15, -0.1) is 0 Å². The van der Waals surface area contributed by atoms with Gasteiger partial charge in [-0.25, -0.2) is 8.42 Å². The van der Waals surface area contributed by atoms with Gasteiger partial charge in [-0.2, -0.15) is 0 Å². The molecule has 0 aliphatic carbocycles. The Hall–Kier alpha value is -1.09. The van der Waals surface area contributed by atoms with Crippen LogP contribution in [0.5, 0.6) is 0 Å². The van der Waals surface area contributed by atoms with Crippen LogP contribution in [0.25, 0.3) is 0 Å². The van der Waals surface area contributed by atoms with E-state index in [1.807, 2.05) is 6.07 Å². The summed E-state index contributed by atoms with van der Waals surface area (Å²) in [4.78, 5) is 0.695. The number of hydrogen-bond donors (Lipinski definition) is 0. The summed E-state index contributed by atoms with van der Waals surface area (Å²) in [6.07, 6.45) is 7.50. The van der Waals surface area contributed by atoms with Crippen LogP contribution in [-0.2, 0) is 9.84 Å². The molecule has 1 aromatic rings. The molecular weight excluding hydrogens is 256 g/mol. The van der Waals surface area contributed by atoms with Crippen LogP contribution in [0.2, 0.25) is 0 Å². The van der Waals surface area contributed by atoms with Gasteiger partial charge in [0.15, 0.2) is 0 Å². The van der Waals surface area contributed by atoms with Gasteiger partial charge < -0.3 is 0 Å². The Morgan fingerprint density at radius 3 is 2.21 bits per heavy atom. The Labute approximate surface area is 117 Å². The maximum absolute atomic E-state index is 12.2. The molecule has 0 saturated heterocycles. The molecule has 0 N–H and O–H groups in total. The quantitative estimate of drug-likeness (QED) is 0.613. The van der Waals surface area contributed by atoms with Crippen LogP contribution in [-0.4, -0.2) is 8.42 Å².